The van der Waals surface area contributed by atoms with Crippen LogP contribution in [0.1, 0.15) is 25.3 Å². The number of nitrogens with one attached hydrogen (secondary N) is 1. The predicted octanol–water partition coefficient (Wildman–Crippen LogP) is 5.03. The summed E-state index contributed by atoms with van der Waals surface area (Å²) in [4.78, 5) is 31.0. The molecular weight excluding hydrogens is 422 g/mol. The van der Waals surface area contributed by atoms with E-state index in [1.807, 2.05) is 38.1 Å². The van der Waals surface area contributed by atoms with Crippen LogP contribution in [0.5, 0.6) is 5.75 Å². The predicted molar refractivity (Wildman–Crippen MR) is 123 cm³/mol. The average molecular weight is 446 g/mol. The molecular formula is C22H24ClN3O3S. The third-order valence-corrected chi connectivity index (χ3v) is 6.14. The lowest BCUT2D eigenvalue weighted by atomic mass is 10.2. The number of amidine groups is 1. The second-order valence-corrected chi connectivity index (χ2v) is 8.53. The molecule has 1 unspecified atom stereocenters. The van der Waals surface area contributed by atoms with Gasteiger partial charge < -0.3 is 10.1 Å². The van der Waals surface area contributed by atoms with E-state index in [1.165, 1.54) is 16.7 Å². The molecule has 6 nitrogen and oxygen atoms in total. The summed E-state index contributed by atoms with van der Waals surface area (Å²) >= 11 is 7.44. The summed E-state index contributed by atoms with van der Waals surface area (Å²) in [6.07, 6.45) is 0.998. The number of rotatable bonds is 7. The number of hydrogen-bond acceptors (Lipinski definition) is 5. The number of nitrogens with zero attached hydrogens (tertiary/aromatic N) is 2. The molecule has 2 amide bonds. The van der Waals surface area contributed by atoms with Crippen molar-refractivity contribution in [3.8, 4) is 5.75 Å². The molecule has 1 saturated heterocycles. The van der Waals surface area contributed by atoms with Gasteiger partial charge in [-0.25, -0.2) is 4.99 Å². The zero-order chi connectivity index (χ0) is 21.7. The molecule has 0 aromatic heterocycles. The SMILES string of the molecule is CCCOc1ccc(NC(=O)CC2SC(=Nc3ccc(C)c(Cl)c3)N(C)C2=O)cc1. The fourth-order valence-electron chi connectivity index (χ4n) is 2.79. The van der Waals surface area contributed by atoms with Crippen molar-refractivity contribution in [1.29, 1.82) is 0 Å². The van der Waals surface area contributed by atoms with Crippen molar-refractivity contribution < 1.29 is 14.3 Å². The highest BCUT2D eigenvalue weighted by atomic mass is 35.5. The van der Waals surface area contributed by atoms with Crippen LogP contribution in [-0.4, -0.2) is 40.8 Å². The monoisotopic (exact) mass is 445 g/mol. The standard InChI is InChI=1S/C22H24ClN3O3S/c1-4-11-29-17-9-7-15(8-10-17)24-20(27)13-19-21(28)26(3)22(30-19)25-16-6-5-14(2)18(23)12-16/h5-10,12,19H,4,11,13H2,1-3H3,(H,24,27). The van der Waals surface area contributed by atoms with E-state index in [4.69, 9.17) is 16.3 Å². The van der Waals surface area contributed by atoms with Crippen LogP contribution in [0, 0.1) is 6.92 Å². The number of ether oxygens (including phenoxy) is 1. The van der Waals surface area contributed by atoms with Gasteiger partial charge in [0.2, 0.25) is 11.8 Å². The Morgan fingerprint density at radius 1 is 1.27 bits per heavy atom. The van der Waals surface area contributed by atoms with Gasteiger partial charge in [-0.1, -0.05) is 36.4 Å². The summed E-state index contributed by atoms with van der Waals surface area (Å²) in [5, 5.41) is 3.49. The lowest BCUT2D eigenvalue weighted by molar-refractivity contribution is -0.127. The molecule has 0 aliphatic carbocycles. The number of halogens is 1. The van der Waals surface area contributed by atoms with Crippen LogP contribution in [0.25, 0.3) is 0 Å². The Balaban J connectivity index is 1.61. The van der Waals surface area contributed by atoms with Gasteiger partial charge >= 0.3 is 0 Å². The van der Waals surface area contributed by atoms with E-state index in [0.717, 1.165) is 17.7 Å². The third kappa shape index (κ3) is 5.55. The van der Waals surface area contributed by atoms with E-state index in [9.17, 15) is 9.59 Å². The van der Waals surface area contributed by atoms with Gasteiger partial charge in [0.15, 0.2) is 5.17 Å². The van der Waals surface area contributed by atoms with Gasteiger partial charge in [0, 0.05) is 24.2 Å². The van der Waals surface area contributed by atoms with Crippen LogP contribution in [0.15, 0.2) is 47.5 Å². The molecule has 3 rings (SSSR count). The van der Waals surface area contributed by atoms with E-state index >= 15 is 0 Å². The fraction of sp³-hybridized carbons (Fsp3) is 0.318. The quantitative estimate of drug-likeness (QED) is 0.649. The molecule has 8 heteroatoms. The number of carbonyl (C=O) groups excluding carboxylic acids is 2. The number of aryl methyl sites for hydroxylation is 1. The number of hydrogen-bond donors (Lipinski definition) is 1. The van der Waals surface area contributed by atoms with Gasteiger partial charge in [-0.15, -0.1) is 0 Å². The molecule has 1 aliphatic rings. The number of anilines is 1. The largest absolute Gasteiger partial charge is 0.494 e. The van der Waals surface area contributed by atoms with Gasteiger partial charge in [-0.3, -0.25) is 14.5 Å². The normalized spacial score (nSPS) is 17.5. The van der Waals surface area contributed by atoms with Crippen LogP contribution in [0.2, 0.25) is 5.02 Å². The lowest BCUT2D eigenvalue weighted by Gasteiger charge is -2.10. The molecule has 0 radical (unpaired) electrons. The van der Waals surface area contributed by atoms with Crippen LogP contribution in [0.4, 0.5) is 11.4 Å². The number of amides is 2. The van der Waals surface area contributed by atoms with Crippen molar-refractivity contribution in [2.45, 2.75) is 31.9 Å². The smallest absolute Gasteiger partial charge is 0.242 e. The van der Waals surface area contributed by atoms with Crippen molar-refractivity contribution >= 4 is 51.7 Å². The Hall–Kier alpha value is -2.51. The minimum atomic E-state index is -0.512. The first-order chi connectivity index (χ1) is 14.4. The molecule has 0 saturated carbocycles. The maximum atomic E-state index is 12.6. The summed E-state index contributed by atoms with van der Waals surface area (Å²) < 4.78 is 5.54. The molecule has 1 N–H and O–H groups in total. The highest BCUT2D eigenvalue weighted by molar-refractivity contribution is 8.15. The van der Waals surface area contributed by atoms with Gasteiger partial charge in [-0.05, 0) is 55.3 Å². The van der Waals surface area contributed by atoms with Gasteiger partial charge in [-0.2, -0.15) is 0 Å². The van der Waals surface area contributed by atoms with Gasteiger partial charge in [0.05, 0.1) is 12.3 Å². The van der Waals surface area contributed by atoms with E-state index in [-0.39, 0.29) is 18.2 Å². The summed E-state index contributed by atoms with van der Waals surface area (Å²) in [5.41, 5.74) is 2.29. The van der Waals surface area contributed by atoms with Crippen LogP contribution in [0.3, 0.4) is 0 Å². The molecule has 2 aromatic carbocycles. The molecule has 1 aliphatic heterocycles. The van der Waals surface area contributed by atoms with Crippen LogP contribution in [-0.2, 0) is 9.59 Å². The van der Waals surface area contributed by atoms with Crippen molar-refractivity contribution in [3.05, 3.63) is 53.1 Å². The first-order valence-corrected chi connectivity index (χ1v) is 10.9. The second kappa shape index (κ2) is 10.00. The van der Waals surface area contributed by atoms with Crippen molar-refractivity contribution in [2.24, 2.45) is 4.99 Å². The molecule has 2 aromatic rings. The number of benzene rings is 2. The zero-order valence-electron chi connectivity index (χ0n) is 17.1. The Bertz CT molecular complexity index is 963. The second-order valence-electron chi connectivity index (χ2n) is 6.96. The Morgan fingerprint density at radius 3 is 2.67 bits per heavy atom. The van der Waals surface area contributed by atoms with Gasteiger partial charge in [0.25, 0.3) is 0 Å². The molecule has 158 valence electrons. The summed E-state index contributed by atoms with van der Waals surface area (Å²) in [6.45, 7) is 4.61. The van der Waals surface area contributed by atoms with Crippen LogP contribution < -0.4 is 10.1 Å². The van der Waals surface area contributed by atoms with E-state index in [0.29, 0.717) is 28.2 Å². The lowest BCUT2D eigenvalue weighted by Crippen LogP contribution is -2.30. The first kappa shape index (κ1) is 22.2. The van der Waals surface area contributed by atoms with Crippen molar-refractivity contribution in [2.75, 3.05) is 19.0 Å². The number of thioether (sulfide) groups is 1. The Kier molecular flexibility index (Phi) is 7.39. The topological polar surface area (TPSA) is 71.0 Å². The van der Waals surface area contributed by atoms with E-state index < -0.39 is 5.25 Å². The summed E-state index contributed by atoms with van der Waals surface area (Å²) in [6, 6.07) is 12.7. The van der Waals surface area contributed by atoms with Gasteiger partial charge in [0.1, 0.15) is 11.0 Å². The molecule has 1 heterocycles. The molecule has 0 spiro atoms. The molecule has 1 atom stereocenters. The third-order valence-electron chi connectivity index (χ3n) is 4.50. The maximum absolute atomic E-state index is 12.6. The van der Waals surface area contributed by atoms with E-state index in [2.05, 4.69) is 10.3 Å². The minimum absolute atomic E-state index is 0.0651. The Labute approximate surface area is 185 Å². The minimum Gasteiger partial charge on any atom is -0.494 e. The number of carbonyl (C=O) groups is 2. The summed E-state index contributed by atoms with van der Waals surface area (Å²) in [7, 11) is 1.66. The molecule has 1 fully saturated rings. The molecule has 0 bridgehead atoms. The van der Waals surface area contributed by atoms with E-state index in [1.54, 1.807) is 25.2 Å². The first-order valence-electron chi connectivity index (χ1n) is 9.69. The highest BCUT2D eigenvalue weighted by Crippen LogP contribution is 2.32. The maximum Gasteiger partial charge on any atom is 0.242 e. The highest BCUT2D eigenvalue weighted by Gasteiger charge is 2.37. The van der Waals surface area contributed by atoms with Crippen molar-refractivity contribution in [1.82, 2.24) is 4.90 Å². The van der Waals surface area contributed by atoms with Crippen LogP contribution >= 0.6 is 23.4 Å². The summed E-state index contributed by atoms with van der Waals surface area (Å²) in [5.74, 6) is 0.390. The fourth-order valence-corrected chi connectivity index (χ4v) is 4.12. The average Bonchev–Trinajstić information content (AvgIpc) is 2.98. The Morgan fingerprint density at radius 2 is 2.00 bits per heavy atom. The molecule has 30 heavy (non-hydrogen) atoms. The van der Waals surface area contributed by atoms with Crippen molar-refractivity contribution in [3.63, 3.8) is 0 Å². The zero-order valence-corrected chi connectivity index (χ0v) is 18.7. The number of aliphatic imine (C=N–C) groups is 1.